The number of carbonyl (C=O) groups excluding carboxylic acids is 3. The highest BCUT2D eigenvalue weighted by atomic mass is 16.4. The minimum absolute atomic E-state index is 0.0306. The monoisotopic (exact) mass is 591 g/mol. The third kappa shape index (κ3) is 21.8. The Balaban J connectivity index is 0. The van der Waals surface area contributed by atoms with Gasteiger partial charge >= 0.3 is 11.9 Å². The SMILES string of the molecule is CC.CC(=O)C(CCCCNC(=O)CN1CCN(CC=O)CCN(CC(=O)O)CCN(CC(=O)O)CC1)NN.CO. The Morgan fingerprint density at radius 2 is 1.20 bits per heavy atom. The van der Waals surface area contributed by atoms with Gasteiger partial charge in [-0.05, 0) is 26.2 Å². The number of hydrazine groups is 1. The number of carbonyl (C=O) groups is 5. The summed E-state index contributed by atoms with van der Waals surface area (Å²) in [5.74, 6) is 3.23. The minimum Gasteiger partial charge on any atom is -0.480 e. The van der Waals surface area contributed by atoms with Gasteiger partial charge in [-0.25, -0.2) is 5.43 Å². The number of ketones is 1. The summed E-state index contributed by atoms with van der Waals surface area (Å²) >= 11 is 0. The van der Waals surface area contributed by atoms with E-state index >= 15 is 0 Å². The van der Waals surface area contributed by atoms with Crippen LogP contribution in [0.2, 0.25) is 0 Å². The number of Topliss-reactive ketones (excluding diaryl/α,β-unsaturated/α-hetero) is 1. The maximum atomic E-state index is 12.6. The number of nitrogens with one attached hydrogen (secondary N) is 2. The van der Waals surface area contributed by atoms with E-state index in [1.807, 2.05) is 23.6 Å². The van der Waals surface area contributed by atoms with Crippen LogP contribution in [0.15, 0.2) is 0 Å². The molecule has 1 atom stereocenters. The summed E-state index contributed by atoms with van der Waals surface area (Å²) in [6.07, 6.45) is 2.81. The Morgan fingerprint density at radius 3 is 1.56 bits per heavy atom. The molecule has 1 saturated heterocycles. The quantitative estimate of drug-likeness (QED) is 0.0523. The highest BCUT2D eigenvalue weighted by Crippen LogP contribution is 2.02. The molecule has 1 rings (SSSR count). The molecule has 240 valence electrons. The number of nitrogens with two attached hydrogens (primary N) is 1. The van der Waals surface area contributed by atoms with Crippen LogP contribution in [0, 0.1) is 0 Å². The molecule has 1 heterocycles. The van der Waals surface area contributed by atoms with Crippen molar-refractivity contribution in [3.8, 4) is 0 Å². The number of carboxylic acids is 2. The van der Waals surface area contributed by atoms with Crippen LogP contribution in [0.4, 0.5) is 0 Å². The normalized spacial score (nSPS) is 16.8. The third-order valence-corrected chi connectivity index (χ3v) is 6.28. The fraction of sp³-hybridized carbons (Fsp3) is 0.808. The molecule has 15 nitrogen and oxygen atoms in total. The van der Waals surface area contributed by atoms with Gasteiger partial charge in [0.05, 0.1) is 32.2 Å². The number of aliphatic carboxylic acids is 2. The van der Waals surface area contributed by atoms with E-state index in [-0.39, 0.29) is 37.9 Å². The standard InChI is InChI=1S/C23H43N7O7.C2H6.CH4O/c1-19(32)20(26-24)4-2-3-5-25-21(33)16-28-8-6-27(14-15-31)7-9-29(17-22(34)35)12-13-30(11-10-28)18-23(36)37;2*1-2/h15,20,26H,2-14,16-18,24H2,1H3,(H,25,33)(H,34,35)(H,36,37);1-2H3;2H,1H3. The second-order valence-corrected chi connectivity index (χ2v) is 9.26. The number of amides is 1. The van der Waals surface area contributed by atoms with Gasteiger partial charge in [0.15, 0.2) is 0 Å². The van der Waals surface area contributed by atoms with Gasteiger partial charge in [-0.1, -0.05) is 13.8 Å². The maximum absolute atomic E-state index is 12.6. The Labute approximate surface area is 244 Å². The maximum Gasteiger partial charge on any atom is 0.317 e. The number of hydrogen-bond donors (Lipinski definition) is 6. The number of rotatable bonds is 15. The lowest BCUT2D eigenvalue weighted by Gasteiger charge is -2.32. The Morgan fingerprint density at radius 1 is 0.780 bits per heavy atom. The van der Waals surface area contributed by atoms with Crippen molar-refractivity contribution in [3.05, 3.63) is 0 Å². The zero-order valence-corrected chi connectivity index (χ0v) is 25.2. The lowest BCUT2D eigenvalue weighted by Crippen LogP contribution is -2.49. The molecule has 0 radical (unpaired) electrons. The molecule has 7 N–H and O–H groups in total. The van der Waals surface area contributed by atoms with E-state index in [0.717, 1.165) is 19.8 Å². The minimum atomic E-state index is -0.977. The van der Waals surface area contributed by atoms with Crippen molar-refractivity contribution < 1.29 is 39.3 Å². The van der Waals surface area contributed by atoms with Gasteiger partial charge < -0.3 is 25.4 Å². The first-order chi connectivity index (χ1) is 19.6. The molecule has 0 aromatic carbocycles. The summed E-state index contributed by atoms with van der Waals surface area (Å²) in [5.41, 5.74) is 2.48. The molecule has 41 heavy (non-hydrogen) atoms. The van der Waals surface area contributed by atoms with E-state index in [1.165, 1.54) is 6.92 Å². The Bertz CT molecular complexity index is 745. The molecule has 0 spiro atoms. The fourth-order valence-electron chi connectivity index (χ4n) is 4.09. The van der Waals surface area contributed by atoms with Crippen LogP contribution in [0.1, 0.15) is 40.0 Å². The number of aldehydes is 1. The lowest BCUT2D eigenvalue weighted by molar-refractivity contribution is -0.140. The molecule has 0 aliphatic carbocycles. The molecule has 1 amide bonds. The average molecular weight is 592 g/mol. The van der Waals surface area contributed by atoms with Gasteiger partial charge in [0.2, 0.25) is 5.91 Å². The van der Waals surface area contributed by atoms with Crippen LogP contribution in [0.25, 0.3) is 0 Å². The summed E-state index contributed by atoms with van der Waals surface area (Å²) in [6.45, 7) is 9.38. The Hall–Kier alpha value is -2.53. The van der Waals surface area contributed by atoms with Crippen LogP contribution in [-0.2, 0) is 24.0 Å². The topological polar surface area (TPSA) is 209 Å². The van der Waals surface area contributed by atoms with Crippen molar-refractivity contribution >= 4 is 29.9 Å². The first-order valence-corrected chi connectivity index (χ1v) is 14.1. The van der Waals surface area contributed by atoms with E-state index in [4.69, 9.17) is 10.9 Å². The lowest BCUT2D eigenvalue weighted by atomic mass is 10.1. The van der Waals surface area contributed by atoms with E-state index in [9.17, 15) is 34.2 Å². The molecule has 0 aromatic heterocycles. The zero-order valence-electron chi connectivity index (χ0n) is 25.2. The van der Waals surface area contributed by atoms with E-state index in [1.54, 1.807) is 9.80 Å². The van der Waals surface area contributed by atoms with Gasteiger partial charge in [-0.2, -0.15) is 0 Å². The summed E-state index contributed by atoms with van der Waals surface area (Å²) < 4.78 is 0. The van der Waals surface area contributed by atoms with Crippen molar-refractivity contribution in [2.45, 2.75) is 46.1 Å². The molecule has 1 aliphatic heterocycles. The van der Waals surface area contributed by atoms with Gasteiger partial charge in [0, 0.05) is 66.0 Å². The number of carboxylic acid groups (broad SMARTS) is 2. The highest BCUT2D eigenvalue weighted by molar-refractivity contribution is 5.81. The summed E-state index contributed by atoms with van der Waals surface area (Å²) in [4.78, 5) is 65.1. The van der Waals surface area contributed by atoms with Crippen LogP contribution in [0.5, 0.6) is 0 Å². The smallest absolute Gasteiger partial charge is 0.317 e. The molecule has 1 fully saturated rings. The molecular weight excluding hydrogens is 538 g/mol. The fourth-order valence-corrected chi connectivity index (χ4v) is 4.09. The van der Waals surface area contributed by atoms with Gasteiger partial charge in [-0.3, -0.25) is 44.6 Å². The van der Waals surface area contributed by atoms with Gasteiger partial charge in [0.25, 0.3) is 0 Å². The van der Waals surface area contributed by atoms with Crippen LogP contribution < -0.4 is 16.6 Å². The molecule has 0 bridgehead atoms. The average Bonchev–Trinajstić information content (AvgIpc) is 2.93. The van der Waals surface area contributed by atoms with Gasteiger partial charge in [0.1, 0.15) is 12.1 Å². The van der Waals surface area contributed by atoms with Crippen LogP contribution in [-0.4, -0.2) is 163 Å². The largest absolute Gasteiger partial charge is 0.480 e. The predicted octanol–water partition coefficient (Wildman–Crippen LogP) is -2.08. The van der Waals surface area contributed by atoms with E-state index < -0.39 is 18.0 Å². The second-order valence-electron chi connectivity index (χ2n) is 9.26. The number of aliphatic hydroxyl groups excluding tert-OH is 1. The first-order valence-electron chi connectivity index (χ1n) is 14.1. The molecular formula is C26H53N7O8. The van der Waals surface area contributed by atoms with Crippen molar-refractivity contribution in [3.63, 3.8) is 0 Å². The van der Waals surface area contributed by atoms with Crippen molar-refractivity contribution in [1.82, 2.24) is 30.3 Å². The molecule has 1 unspecified atom stereocenters. The first kappa shape index (κ1) is 40.6. The number of hydrogen-bond acceptors (Lipinski definition) is 12. The van der Waals surface area contributed by atoms with E-state index in [0.29, 0.717) is 71.7 Å². The van der Waals surface area contributed by atoms with Crippen molar-refractivity contribution in [1.29, 1.82) is 0 Å². The van der Waals surface area contributed by atoms with Crippen LogP contribution in [0.3, 0.4) is 0 Å². The molecule has 15 heteroatoms. The summed E-state index contributed by atoms with van der Waals surface area (Å²) in [6, 6.07) is -0.391. The van der Waals surface area contributed by atoms with E-state index in [2.05, 4.69) is 10.7 Å². The number of unbranched alkanes of at least 4 members (excludes halogenated alkanes) is 1. The zero-order chi connectivity index (χ0) is 31.6. The highest BCUT2D eigenvalue weighted by Gasteiger charge is 2.20. The van der Waals surface area contributed by atoms with Crippen molar-refractivity contribution in [2.75, 3.05) is 92.2 Å². The number of nitrogens with zero attached hydrogens (tertiary/aromatic N) is 4. The second kappa shape index (κ2) is 26.4. The molecule has 0 saturated carbocycles. The summed E-state index contributed by atoms with van der Waals surface area (Å²) in [5, 5.41) is 28.4. The van der Waals surface area contributed by atoms with Gasteiger partial charge in [-0.15, -0.1) is 0 Å². The number of aliphatic hydroxyl groups is 1. The van der Waals surface area contributed by atoms with Crippen molar-refractivity contribution in [2.24, 2.45) is 5.84 Å². The Kier molecular flexibility index (Phi) is 26.1. The summed E-state index contributed by atoms with van der Waals surface area (Å²) in [7, 11) is 1.00. The third-order valence-electron chi connectivity index (χ3n) is 6.28. The predicted molar refractivity (Wildman–Crippen MR) is 155 cm³/mol. The van der Waals surface area contributed by atoms with Crippen LogP contribution >= 0.6 is 0 Å². The molecule has 0 aromatic rings. The molecule has 1 aliphatic rings.